The lowest BCUT2D eigenvalue weighted by Gasteiger charge is -2.21. The number of aliphatic hydroxyl groups excluding tert-OH is 2. The minimum atomic E-state index is -4.97. The van der Waals surface area contributed by atoms with Crippen LogP contribution in [0.25, 0.3) is 0 Å². The topological polar surface area (TPSA) is 231 Å². The lowest BCUT2D eigenvalue weighted by molar-refractivity contribution is -0.161. The Bertz CT molecular complexity index is 2930. The zero-order valence-corrected chi connectivity index (χ0v) is 71.7. The number of esters is 3. The Morgan fingerprint density at radius 2 is 0.460 bits per heavy atom. The second-order valence-corrected chi connectivity index (χ2v) is 30.7. The molecule has 5 unspecified atom stereocenters. The largest absolute Gasteiger partial charge is 0.472 e. The molecular weight excluding hydrogens is 1460 g/mol. The van der Waals surface area contributed by atoms with E-state index in [4.69, 9.17) is 32.3 Å². The summed E-state index contributed by atoms with van der Waals surface area (Å²) in [4.78, 5) is 58.8. The zero-order chi connectivity index (χ0) is 82.2. The van der Waals surface area contributed by atoms with E-state index in [1.807, 2.05) is 18.2 Å². The van der Waals surface area contributed by atoms with Gasteiger partial charge in [-0.1, -0.05) is 342 Å². The van der Waals surface area contributed by atoms with E-state index in [1.54, 1.807) is 0 Å². The molecule has 0 aliphatic carbocycles. The molecule has 0 saturated carbocycles. The number of ether oxygens (including phenoxy) is 3. The van der Waals surface area contributed by atoms with Crippen molar-refractivity contribution in [3.8, 4) is 0 Å². The molecule has 4 N–H and O–H groups in total. The first-order valence-electron chi connectivity index (χ1n) is 43.0. The van der Waals surface area contributed by atoms with Crippen LogP contribution in [0.4, 0.5) is 0 Å². The van der Waals surface area contributed by atoms with Gasteiger partial charge in [-0.15, -0.1) is 0 Å². The van der Waals surface area contributed by atoms with Crippen LogP contribution >= 0.6 is 15.6 Å². The molecule has 638 valence electrons. The number of rotatable bonds is 79. The van der Waals surface area contributed by atoms with E-state index in [1.165, 1.54) is 64.2 Å². The molecule has 16 nitrogen and oxygen atoms in total. The highest BCUT2D eigenvalue weighted by Crippen LogP contribution is 2.45. The molecule has 0 aromatic heterocycles. The molecule has 0 aliphatic heterocycles. The summed E-state index contributed by atoms with van der Waals surface area (Å²) >= 11 is 0. The normalized spacial score (nSPS) is 14.9. The maximum Gasteiger partial charge on any atom is 0.472 e. The number of carbonyl (C=O) groups is 3. The van der Waals surface area contributed by atoms with E-state index in [0.717, 1.165) is 173 Å². The van der Waals surface area contributed by atoms with E-state index in [0.29, 0.717) is 25.7 Å². The number of unbranched alkanes of at least 4 members (excludes halogenated alkanes) is 20. The molecule has 0 spiro atoms. The van der Waals surface area contributed by atoms with Crippen LogP contribution in [-0.4, -0.2) is 95.9 Å². The third kappa shape index (κ3) is 86.6. The molecular formula is C95H152O16P2. The summed E-state index contributed by atoms with van der Waals surface area (Å²) < 4.78 is 61.2. The standard InChI is InChI=1S/C95H152O16P2/c1-4-7-10-13-16-19-22-25-28-31-34-36-38-40-42-44-46-48-50-52-55-57-60-63-66-69-72-75-78-81-93(98)105-84-90(96)85-107-112(101,102)108-86-91(97)87-109-113(103,104)110-89-92(111-95(100)83-80-77-74-71-68-65-62-59-54-33-30-27-24-21-18-15-12-9-6-3)88-106-94(99)82-79-76-73-70-67-64-61-58-56-53-51-49-47-45-43-41-39-37-35-32-29-26-23-20-17-14-11-8-5-2/h7-12,16-21,25-30,34-37,40-43,46-49,54,59,65,68,74,77,90-92,96-97H,4-6,13-15,22-24,31-33,38-39,44-45,50-53,55-58,60-64,66-67,69-73,75-76,78-89H2,1-3H3,(H,101,102)(H,103,104)/b10-7-,11-8-,12-9-,19-16-,20-17-,21-18-,28-25-,29-26-,30-27-,36-34-,37-35-,42-40-,43-41-,48-46-,49-47-,59-54-,68-65-,77-74-. The number of allylic oxidation sites excluding steroid dienone is 36. The van der Waals surface area contributed by atoms with Gasteiger partial charge in [0.15, 0.2) is 6.10 Å². The summed E-state index contributed by atoms with van der Waals surface area (Å²) in [6.07, 6.45) is 116. The van der Waals surface area contributed by atoms with Crippen LogP contribution in [0, 0.1) is 0 Å². The van der Waals surface area contributed by atoms with Crippen LogP contribution in [-0.2, 0) is 55.8 Å². The van der Waals surface area contributed by atoms with Gasteiger partial charge in [-0.3, -0.25) is 32.5 Å². The van der Waals surface area contributed by atoms with Gasteiger partial charge in [0.05, 0.1) is 26.4 Å². The van der Waals surface area contributed by atoms with Gasteiger partial charge in [-0.05, 0) is 161 Å². The molecule has 0 aromatic rings. The fraction of sp³-hybridized carbons (Fsp3) is 0.589. The smallest absolute Gasteiger partial charge is 0.463 e. The van der Waals surface area contributed by atoms with Gasteiger partial charge in [0.2, 0.25) is 0 Å². The molecule has 0 bridgehead atoms. The van der Waals surface area contributed by atoms with Gasteiger partial charge in [0.1, 0.15) is 25.4 Å². The molecule has 0 fully saturated rings. The van der Waals surface area contributed by atoms with Gasteiger partial charge in [0.25, 0.3) is 0 Å². The third-order valence-electron chi connectivity index (χ3n) is 17.2. The Hall–Kier alpha value is -6.13. The molecule has 113 heavy (non-hydrogen) atoms. The number of carbonyl (C=O) groups excluding carboxylic acids is 3. The highest BCUT2D eigenvalue weighted by molar-refractivity contribution is 7.47. The highest BCUT2D eigenvalue weighted by atomic mass is 31.2. The molecule has 0 radical (unpaired) electrons. The summed E-state index contributed by atoms with van der Waals surface area (Å²) in [6, 6.07) is 0. The monoisotopic (exact) mass is 1610 g/mol. The lowest BCUT2D eigenvalue weighted by atomic mass is 10.1. The molecule has 0 aromatic carbocycles. The molecule has 0 saturated heterocycles. The van der Waals surface area contributed by atoms with E-state index in [2.05, 4.69) is 221 Å². The van der Waals surface area contributed by atoms with Crippen LogP contribution < -0.4 is 0 Å². The van der Waals surface area contributed by atoms with Crippen LogP contribution in [0.3, 0.4) is 0 Å². The molecule has 0 heterocycles. The predicted molar refractivity (Wildman–Crippen MR) is 472 cm³/mol. The van der Waals surface area contributed by atoms with Crippen LogP contribution in [0.5, 0.6) is 0 Å². The summed E-state index contributed by atoms with van der Waals surface area (Å²) in [6.45, 7) is 2.23. The Balaban J connectivity index is 4.68. The maximum absolute atomic E-state index is 13.0. The Kier molecular flexibility index (Phi) is 80.6. The van der Waals surface area contributed by atoms with Crippen molar-refractivity contribution in [3.63, 3.8) is 0 Å². The second-order valence-electron chi connectivity index (χ2n) is 27.8. The van der Waals surface area contributed by atoms with Crippen LogP contribution in [0.2, 0.25) is 0 Å². The zero-order valence-electron chi connectivity index (χ0n) is 70.0. The number of hydrogen-bond acceptors (Lipinski definition) is 14. The van der Waals surface area contributed by atoms with Gasteiger partial charge in [0, 0.05) is 19.3 Å². The Morgan fingerprint density at radius 1 is 0.248 bits per heavy atom. The van der Waals surface area contributed by atoms with Gasteiger partial charge < -0.3 is 34.2 Å². The maximum atomic E-state index is 13.0. The van der Waals surface area contributed by atoms with Crippen LogP contribution in [0.15, 0.2) is 219 Å². The SMILES string of the molecule is CC/C=C\C/C=C\C/C=C\C/C=C\C/C=C\C/C=C\CCCCCCCCCCCCC(=O)OCC(O)COP(=O)(O)OCC(O)COP(=O)(O)OCC(COC(=O)CCCCCCCCCCCC/C=C\C/C=C\C/C=C\C/C=C\C/C=C\C/C=C\CC)OC(=O)CC/C=C\C/C=C\C/C=C\C/C=C\C/C=C\C/C=C\CC. The van der Waals surface area contributed by atoms with Gasteiger partial charge >= 0.3 is 33.6 Å². The minimum Gasteiger partial charge on any atom is -0.463 e. The Morgan fingerprint density at radius 3 is 0.735 bits per heavy atom. The lowest BCUT2D eigenvalue weighted by Crippen LogP contribution is -2.29. The first-order chi connectivity index (χ1) is 55.2. The van der Waals surface area contributed by atoms with Crippen molar-refractivity contribution in [1.29, 1.82) is 0 Å². The van der Waals surface area contributed by atoms with E-state index >= 15 is 0 Å². The van der Waals surface area contributed by atoms with E-state index < -0.39 is 91.5 Å². The summed E-state index contributed by atoms with van der Waals surface area (Å²) in [7, 11) is -9.85. The second kappa shape index (κ2) is 85.2. The molecule has 0 rings (SSSR count). The van der Waals surface area contributed by atoms with Crippen molar-refractivity contribution in [2.24, 2.45) is 0 Å². The molecule has 0 aliphatic rings. The number of phosphoric acid groups is 2. The van der Waals surface area contributed by atoms with Crippen molar-refractivity contribution < 1.29 is 75.8 Å². The molecule has 18 heteroatoms. The first-order valence-corrected chi connectivity index (χ1v) is 46.0. The van der Waals surface area contributed by atoms with Crippen molar-refractivity contribution in [3.05, 3.63) is 219 Å². The molecule has 5 atom stereocenters. The first kappa shape index (κ1) is 107. The van der Waals surface area contributed by atoms with Crippen LogP contribution in [0.1, 0.15) is 303 Å². The highest BCUT2D eigenvalue weighted by Gasteiger charge is 2.29. The fourth-order valence-electron chi connectivity index (χ4n) is 10.8. The fourth-order valence-corrected chi connectivity index (χ4v) is 12.4. The summed E-state index contributed by atoms with van der Waals surface area (Å²) in [5.74, 6) is -1.69. The average Bonchev–Trinajstić information content (AvgIpc) is 0.899. The Labute approximate surface area is 685 Å². The molecule has 0 amide bonds. The van der Waals surface area contributed by atoms with Crippen molar-refractivity contribution in [2.75, 3.05) is 39.6 Å². The predicted octanol–water partition coefficient (Wildman–Crippen LogP) is 26.2. The summed E-state index contributed by atoms with van der Waals surface area (Å²) in [5.41, 5.74) is 0. The number of aliphatic hydroxyl groups is 2. The average molecular weight is 1610 g/mol. The third-order valence-corrected chi connectivity index (χ3v) is 19.1. The van der Waals surface area contributed by atoms with Crippen molar-refractivity contribution in [1.82, 2.24) is 0 Å². The summed E-state index contributed by atoms with van der Waals surface area (Å²) in [5, 5.41) is 20.7. The van der Waals surface area contributed by atoms with Crippen molar-refractivity contribution >= 4 is 33.6 Å². The van der Waals surface area contributed by atoms with Crippen molar-refractivity contribution in [2.45, 2.75) is 322 Å². The number of phosphoric ester groups is 2. The minimum absolute atomic E-state index is 0.0299. The van der Waals surface area contributed by atoms with Gasteiger partial charge in [-0.25, -0.2) is 9.13 Å². The van der Waals surface area contributed by atoms with E-state index in [-0.39, 0.29) is 19.3 Å². The van der Waals surface area contributed by atoms with E-state index in [9.17, 15) is 43.5 Å². The van der Waals surface area contributed by atoms with Gasteiger partial charge in [-0.2, -0.15) is 0 Å². The number of hydrogen-bond donors (Lipinski definition) is 4. The quantitative estimate of drug-likeness (QED) is 0.0146.